The molecule has 27 heavy (non-hydrogen) atoms. The van der Waals surface area contributed by atoms with Crippen molar-refractivity contribution in [2.75, 3.05) is 24.6 Å². The minimum Gasteiger partial charge on any atom is -0.484 e. The molecule has 0 saturated heterocycles. The molecule has 0 unspecified atom stereocenters. The Hall–Kier alpha value is -2.41. The summed E-state index contributed by atoms with van der Waals surface area (Å²) in [6, 6.07) is 7.79. The molecule has 2 rings (SSSR count). The molecule has 0 saturated carbocycles. The molecule has 0 bridgehead atoms. The van der Waals surface area contributed by atoms with Crippen molar-refractivity contribution in [3.63, 3.8) is 0 Å². The molecular formula is C20H28N4O2S. The number of hydrazone groups is 1. The molecule has 1 aromatic heterocycles. The van der Waals surface area contributed by atoms with Crippen LogP contribution < -0.4 is 15.1 Å². The van der Waals surface area contributed by atoms with Crippen LogP contribution in [0.4, 0.5) is 5.13 Å². The number of anilines is 1. The van der Waals surface area contributed by atoms with Crippen LogP contribution in [0.2, 0.25) is 0 Å². The van der Waals surface area contributed by atoms with E-state index in [2.05, 4.69) is 55.0 Å². The first kappa shape index (κ1) is 20.9. The van der Waals surface area contributed by atoms with Gasteiger partial charge in [-0.1, -0.05) is 44.2 Å². The SMILES string of the molecule is CCN(CC)c1ncc(C=NNC(=O)COc2ccc(C(C)(C)C)cc2)s1. The van der Waals surface area contributed by atoms with Crippen LogP contribution in [-0.4, -0.2) is 36.8 Å². The van der Waals surface area contributed by atoms with Gasteiger partial charge in [-0.2, -0.15) is 5.10 Å². The Bertz CT molecular complexity index is 759. The summed E-state index contributed by atoms with van der Waals surface area (Å²) in [6.07, 6.45) is 3.35. The van der Waals surface area contributed by atoms with Crippen LogP contribution in [0.25, 0.3) is 0 Å². The Morgan fingerprint density at radius 1 is 1.26 bits per heavy atom. The molecule has 1 aromatic carbocycles. The van der Waals surface area contributed by atoms with Gasteiger partial charge in [-0.25, -0.2) is 10.4 Å². The second-order valence-corrected chi connectivity index (χ2v) is 8.11. The van der Waals surface area contributed by atoms with E-state index in [1.807, 2.05) is 24.3 Å². The average Bonchev–Trinajstić information content (AvgIpc) is 3.09. The number of hydrogen-bond acceptors (Lipinski definition) is 6. The van der Waals surface area contributed by atoms with Crippen molar-refractivity contribution in [1.29, 1.82) is 0 Å². The number of aromatic nitrogens is 1. The largest absolute Gasteiger partial charge is 0.484 e. The summed E-state index contributed by atoms with van der Waals surface area (Å²) in [5.41, 5.74) is 3.78. The second-order valence-electron chi connectivity index (χ2n) is 7.07. The molecule has 0 aliphatic rings. The third-order valence-electron chi connectivity index (χ3n) is 4.02. The highest BCUT2D eigenvalue weighted by Crippen LogP contribution is 2.24. The van der Waals surface area contributed by atoms with Gasteiger partial charge >= 0.3 is 0 Å². The third-order valence-corrected chi connectivity index (χ3v) is 5.01. The van der Waals surface area contributed by atoms with E-state index >= 15 is 0 Å². The summed E-state index contributed by atoms with van der Waals surface area (Å²) in [4.78, 5) is 19.3. The summed E-state index contributed by atoms with van der Waals surface area (Å²) >= 11 is 1.54. The minimum atomic E-state index is -0.306. The maximum atomic E-state index is 11.9. The lowest BCUT2D eigenvalue weighted by Gasteiger charge is -2.19. The molecule has 0 aliphatic carbocycles. The number of rotatable bonds is 8. The number of nitrogens with one attached hydrogen (secondary N) is 1. The Kier molecular flexibility index (Phi) is 7.36. The summed E-state index contributed by atoms with van der Waals surface area (Å²) in [5, 5.41) is 4.93. The Balaban J connectivity index is 1.80. The van der Waals surface area contributed by atoms with E-state index in [4.69, 9.17) is 4.74 Å². The number of nitrogens with zero attached hydrogens (tertiary/aromatic N) is 3. The molecule has 0 radical (unpaired) electrons. The molecule has 0 atom stereocenters. The van der Waals surface area contributed by atoms with Gasteiger partial charge in [-0.15, -0.1) is 0 Å². The fourth-order valence-corrected chi connectivity index (χ4v) is 3.29. The van der Waals surface area contributed by atoms with Crippen molar-refractivity contribution in [3.05, 3.63) is 40.9 Å². The maximum absolute atomic E-state index is 11.9. The van der Waals surface area contributed by atoms with Gasteiger partial charge in [0.1, 0.15) is 5.75 Å². The number of thiazole rings is 1. The van der Waals surface area contributed by atoms with Gasteiger partial charge in [0, 0.05) is 19.3 Å². The van der Waals surface area contributed by atoms with E-state index in [0.717, 1.165) is 23.1 Å². The quantitative estimate of drug-likeness (QED) is 0.551. The standard InChI is InChI=1S/C20H28N4O2S/c1-6-24(7-2)19-21-12-17(27-19)13-22-23-18(25)14-26-16-10-8-15(9-11-16)20(3,4)5/h8-13H,6-7,14H2,1-5H3,(H,23,25). The van der Waals surface area contributed by atoms with Gasteiger partial charge in [-0.05, 0) is 37.0 Å². The Morgan fingerprint density at radius 3 is 2.52 bits per heavy atom. The van der Waals surface area contributed by atoms with E-state index in [1.165, 1.54) is 16.9 Å². The molecule has 1 N–H and O–H groups in total. The number of amides is 1. The van der Waals surface area contributed by atoms with Gasteiger partial charge in [0.15, 0.2) is 11.7 Å². The predicted molar refractivity (Wildman–Crippen MR) is 112 cm³/mol. The molecule has 6 nitrogen and oxygen atoms in total. The first-order valence-corrected chi connectivity index (χ1v) is 9.91. The number of carbonyl (C=O) groups is 1. The number of carbonyl (C=O) groups excluding carboxylic acids is 1. The van der Waals surface area contributed by atoms with E-state index in [9.17, 15) is 4.79 Å². The first-order valence-electron chi connectivity index (χ1n) is 9.09. The lowest BCUT2D eigenvalue weighted by molar-refractivity contribution is -0.123. The van der Waals surface area contributed by atoms with Crippen molar-refractivity contribution in [2.45, 2.75) is 40.0 Å². The van der Waals surface area contributed by atoms with Crippen molar-refractivity contribution in [2.24, 2.45) is 5.10 Å². The van der Waals surface area contributed by atoms with Gasteiger partial charge < -0.3 is 9.64 Å². The van der Waals surface area contributed by atoms with Crippen molar-refractivity contribution >= 4 is 28.6 Å². The third kappa shape index (κ3) is 6.36. The van der Waals surface area contributed by atoms with Crippen LogP contribution in [-0.2, 0) is 10.2 Å². The highest BCUT2D eigenvalue weighted by molar-refractivity contribution is 7.17. The number of benzene rings is 1. The van der Waals surface area contributed by atoms with Gasteiger partial charge in [0.2, 0.25) is 0 Å². The zero-order chi connectivity index (χ0) is 19.9. The molecule has 7 heteroatoms. The molecule has 1 amide bonds. The van der Waals surface area contributed by atoms with Crippen molar-refractivity contribution in [1.82, 2.24) is 10.4 Å². The summed E-state index contributed by atoms with van der Waals surface area (Å²) < 4.78 is 5.50. The topological polar surface area (TPSA) is 66.8 Å². The van der Waals surface area contributed by atoms with E-state index in [-0.39, 0.29) is 17.9 Å². The zero-order valence-corrected chi connectivity index (χ0v) is 17.5. The van der Waals surface area contributed by atoms with Crippen LogP contribution in [0.1, 0.15) is 45.1 Å². The molecule has 146 valence electrons. The summed E-state index contributed by atoms with van der Waals surface area (Å²) in [7, 11) is 0. The fraction of sp³-hybridized carbons (Fsp3) is 0.450. The van der Waals surface area contributed by atoms with Crippen LogP contribution in [0.3, 0.4) is 0 Å². The Morgan fingerprint density at radius 2 is 1.93 bits per heavy atom. The van der Waals surface area contributed by atoms with Crippen molar-refractivity contribution in [3.8, 4) is 5.75 Å². The van der Waals surface area contributed by atoms with Crippen LogP contribution in [0, 0.1) is 0 Å². The van der Waals surface area contributed by atoms with Gasteiger partial charge in [0.25, 0.3) is 5.91 Å². The smallest absolute Gasteiger partial charge is 0.277 e. The van der Waals surface area contributed by atoms with E-state index in [0.29, 0.717) is 5.75 Å². The minimum absolute atomic E-state index is 0.0837. The zero-order valence-electron chi connectivity index (χ0n) is 16.7. The van der Waals surface area contributed by atoms with Crippen LogP contribution in [0.5, 0.6) is 5.75 Å². The molecule has 0 spiro atoms. The fourth-order valence-electron chi connectivity index (χ4n) is 2.38. The number of hydrogen-bond donors (Lipinski definition) is 1. The lowest BCUT2D eigenvalue weighted by Crippen LogP contribution is -2.24. The molecule has 0 aliphatic heterocycles. The van der Waals surface area contributed by atoms with Gasteiger partial charge in [0.05, 0.1) is 11.1 Å². The van der Waals surface area contributed by atoms with E-state index in [1.54, 1.807) is 12.4 Å². The van der Waals surface area contributed by atoms with Gasteiger partial charge in [-0.3, -0.25) is 4.79 Å². The van der Waals surface area contributed by atoms with Crippen LogP contribution >= 0.6 is 11.3 Å². The Labute approximate surface area is 165 Å². The average molecular weight is 389 g/mol. The van der Waals surface area contributed by atoms with Crippen LogP contribution in [0.15, 0.2) is 35.6 Å². The normalized spacial score (nSPS) is 11.6. The molecule has 0 fully saturated rings. The van der Waals surface area contributed by atoms with E-state index < -0.39 is 0 Å². The molecule has 2 aromatic rings. The maximum Gasteiger partial charge on any atom is 0.277 e. The summed E-state index contributed by atoms with van der Waals surface area (Å²) in [5.74, 6) is 0.355. The molecular weight excluding hydrogens is 360 g/mol. The lowest BCUT2D eigenvalue weighted by atomic mass is 9.87. The summed E-state index contributed by atoms with van der Waals surface area (Å²) in [6.45, 7) is 12.4. The second kappa shape index (κ2) is 9.50. The monoisotopic (exact) mass is 388 g/mol. The highest BCUT2D eigenvalue weighted by atomic mass is 32.1. The highest BCUT2D eigenvalue weighted by Gasteiger charge is 2.13. The first-order chi connectivity index (χ1) is 12.8. The van der Waals surface area contributed by atoms with Crippen molar-refractivity contribution < 1.29 is 9.53 Å². The molecule has 1 heterocycles. The predicted octanol–water partition coefficient (Wildman–Crippen LogP) is 3.82. The number of ether oxygens (including phenoxy) is 1.